The first-order valence-electron chi connectivity index (χ1n) is 3.98. The third-order valence-electron chi connectivity index (χ3n) is 1.94. The minimum absolute atomic E-state index is 0.137. The minimum Gasteiger partial charge on any atom is -0.191 e. The molecule has 0 aliphatic rings. The van der Waals surface area contributed by atoms with Gasteiger partial charge in [0.2, 0.25) is 0 Å². The van der Waals surface area contributed by atoms with Crippen LogP contribution >= 0.6 is 27.5 Å². The molecular formula is C9H5BrClF5. The van der Waals surface area contributed by atoms with Crippen molar-refractivity contribution in [2.45, 2.75) is 19.0 Å². The zero-order valence-corrected chi connectivity index (χ0v) is 10.1. The van der Waals surface area contributed by atoms with E-state index in [4.69, 9.17) is 11.6 Å². The second-order valence-corrected chi connectivity index (χ2v) is 4.41. The highest BCUT2D eigenvalue weighted by Crippen LogP contribution is 2.47. The normalized spacial score (nSPS) is 13.0. The van der Waals surface area contributed by atoms with Crippen molar-refractivity contribution in [3.63, 3.8) is 0 Å². The van der Waals surface area contributed by atoms with Crippen LogP contribution in [-0.2, 0) is 5.92 Å². The summed E-state index contributed by atoms with van der Waals surface area (Å²) in [5.74, 6) is -4.93. The molecule has 1 aromatic rings. The Hall–Kier alpha value is -0.360. The fraction of sp³-hybridized carbons (Fsp3) is 0.333. The first-order valence-corrected chi connectivity index (χ1v) is 5.15. The average Bonchev–Trinajstić information content (AvgIpc) is 2.09. The topological polar surface area (TPSA) is 0 Å². The highest BCUT2D eigenvalue weighted by molar-refractivity contribution is 9.10. The number of rotatable bonds is 1. The molecule has 0 atom stereocenters. The lowest BCUT2D eigenvalue weighted by Gasteiger charge is -2.21. The number of hydrogen-bond acceptors (Lipinski definition) is 0. The van der Waals surface area contributed by atoms with Gasteiger partial charge in [-0.05, 0) is 24.6 Å². The predicted molar refractivity (Wildman–Crippen MR) is 53.8 cm³/mol. The Bertz CT molecular complexity index is 413. The van der Waals surface area contributed by atoms with E-state index in [-0.39, 0.29) is 9.50 Å². The maximum atomic E-state index is 13.0. The summed E-state index contributed by atoms with van der Waals surface area (Å²) in [5, 5.41) is -0.137. The third kappa shape index (κ3) is 2.32. The van der Waals surface area contributed by atoms with Gasteiger partial charge in [-0.2, -0.15) is 22.0 Å². The van der Waals surface area contributed by atoms with E-state index in [1.807, 2.05) is 0 Å². The fourth-order valence-electron chi connectivity index (χ4n) is 1.04. The summed E-state index contributed by atoms with van der Waals surface area (Å²) in [7, 11) is 0. The van der Waals surface area contributed by atoms with E-state index in [1.165, 1.54) is 6.92 Å². The number of alkyl halides is 5. The summed E-state index contributed by atoms with van der Waals surface area (Å²) in [6.07, 6.45) is -5.64. The van der Waals surface area contributed by atoms with Gasteiger partial charge < -0.3 is 0 Å². The van der Waals surface area contributed by atoms with Crippen molar-refractivity contribution in [2.75, 3.05) is 0 Å². The molecule has 0 N–H and O–H groups in total. The summed E-state index contributed by atoms with van der Waals surface area (Å²) in [5.41, 5.74) is -0.772. The monoisotopic (exact) mass is 322 g/mol. The average molecular weight is 323 g/mol. The van der Waals surface area contributed by atoms with Crippen molar-refractivity contribution in [1.82, 2.24) is 0 Å². The SMILES string of the molecule is Cc1cc(Br)c(C(F)(F)C(F)(F)F)cc1Cl. The zero-order valence-electron chi connectivity index (χ0n) is 7.80. The van der Waals surface area contributed by atoms with E-state index in [1.54, 1.807) is 0 Å². The highest BCUT2D eigenvalue weighted by atomic mass is 79.9. The van der Waals surface area contributed by atoms with E-state index in [9.17, 15) is 22.0 Å². The highest BCUT2D eigenvalue weighted by Gasteiger charge is 2.59. The van der Waals surface area contributed by atoms with Crippen molar-refractivity contribution in [3.05, 3.63) is 32.8 Å². The first kappa shape index (κ1) is 13.7. The van der Waals surface area contributed by atoms with Crippen LogP contribution in [0.4, 0.5) is 22.0 Å². The van der Waals surface area contributed by atoms with Crippen LogP contribution < -0.4 is 0 Å². The van der Waals surface area contributed by atoms with E-state index in [0.29, 0.717) is 11.6 Å². The quantitative estimate of drug-likeness (QED) is 0.633. The molecular weight excluding hydrogens is 318 g/mol. The number of halogens is 7. The third-order valence-corrected chi connectivity index (χ3v) is 3.01. The van der Waals surface area contributed by atoms with Gasteiger partial charge >= 0.3 is 12.1 Å². The van der Waals surface area contributed by atoms with Gasteiger partial charge in [0, 0.05) is 15.1 Å². The van der Waals surface area contributed by atoms with Gasteiger partial charge in [-0.15, -0.1) is 0 Å². The molecule has 0 bridgehead atoms. The van der Waals surface area contributed by atoms with E-state index < -0.39 is 17.7 Å². The molecule has 0 spiro atoms. The number of benzene rings is 1. The lowest BCUT2D eigenvalue weighted by Crippen LogP contribution is -2.34. The molecule has 0 fully saturated rings. The molecule has 0 saturated heterocycles. The van der Waals surface area contributed by atoms with Crippen molar-refractivity contribution < 1.29 is 22.0 Å². The maximum Gasteiger partial charge on any atom is 0.458 e. The summed E-state index contributed by atoms with van der Waals surface area (Å²) >= 11 is 8.19. The maximum absolute atomic E-state index is 13.0. The van der Waals surface area contributed by atoms with Gasteiger partial charge in [0.05, 0.1) is 0 Å². The lowest BCUT2D eigenvalue weighted by molar-refractivity contribution is -0.289. The summed E-state index contributed by atoms with van der Waals surface area (Å²) < 4.78 is 62.1. The molecule has 1 rings (SSSR count). The molecule has 0 nitrogen and oxygen atoms in total. The molecule has 0 aliphatic heterocycles. The fourth-order valence-corrected chi connectivity index (χ4v) is 1.91. The van der Waals surface area contributed by atoms with E-state index in [2.05, 4.69) is 15.9 Å². The molecule has 90 valence electrons. The molecule has 7 heteroatoms. The molecule has 0 heterocycles. The lowest BCUT2D eigenvalue weighted by atomic mass is 10.1. The second kappa shape index (κ2) is 4.14. The molecule has 0 saturated carbocycles. The van der Waals surface area contributed by atoms with Crippen LogP contribution in [0.25, 0.3) is 0 Å². The van der Waals surface area contributed by atoms with Gasteiger partial charge in [0.15, 0.2) is 0 Å². The van der Waals surface area contributed by atoms with Gasteiger partial charge in [0.25, 0.3) is 0 Å². The molecule has 0 unspecified atom stereocenters. The molecule has 16 heavy (non-hydrogen) atoms. The molecule has 0 aliphatic carbocycles. The standard InChI is InChI=1S/C9H5BrClF5/c1-4-2-6(10)5(3-7(4)11)8(12,13)9(14,15)16/h2-3H,1H3. The van der Waals surface area contributed by atoms with Crippen molar-refractivity contribution in [2.24, 2.45) is 0 Å². The van der Waals surface area contributed by atoms with Crippen molar-refractivity contribution in [3.8, 4) is 0 Å². The van der Waals surface area contributed by atoms with Crippen molar-refractivity contribution in [1.29, 1.82) is 0 Å². The Morgan fingerprint density at radius 3 is 2.06 bits per heavy atom. The molecule has 0 radical (unpaired) electrons. The largest absolute Gasteiger partial charge is 0.458 e. The van der Waals surface area contributed by atoms with Crippen LogP contribution in [0.3, 0.4) is 0 Å². The first-order chi connectivity index (χ1) is 7.07. The Morgan fingerprint density at radius 2 is 1.62 bits per heavy atom. The van der Waals surface area contributed by atoms with Crippen molar-refractivity contribution >= 4 is 27.5 Å². The van der Waals surface area contributed by atoms with Gasteiger partial charge in [-0.3, -0.25) is 0 Å². The Kier molecular flexibility index (Phi) is 3.55. The van der Waals surface area contributed by atoms with E-state index in [0.717, 1.165) is 6.07 Å². The van der Waals surface area contributed by atoms with Crippen LogP contribution in [0, 0.1) is 6.92 Å². The Balaban J connectivity index is 3.39. The summed E-state index contributed by atoms with van der Waals surface area (Å²) in [4.78, 5) is 0. The summed E-state index contributed by atoms with van der Waals surface area (Å²) in [6, 6.07) is 1.74. The number of aryl methyl sites for hydroxylation is 1. The minimum atomic E-state index is -5.64. The van der Waals surface area contributed by atoms with E-state index >= 15 is 0 Å². The molecule has 0 aromatic heterocycles. The van der Waals surface area contributed by atoms with Crippen LogP contribution in [0.5, 0.6) is 0 Å². The van der Waals surface area contributed by atoms with Gasteiger partial charge in [-0.1, -0.05) is 27.5 Å². The second-order valence-electron chi connectivity index (χ2n) is 3.15. The smallest absolute Gasteiger partial charge is 0.191 e. The summed E-state index contributed by atoms with van der Waals surface area (Å²) in [6.45, 7) is 1.50. The van der Waals surface area contributed by atoms with Gasteiger partial charge in [0.1, 0.15) is 0 Å². The van der Waals surface area contributed by atoms with Crippen LogP contribution in [-0.4, -0.2) is 6.18 Å². The van der Waals surface area contributed by atoms with Crippen LogP contribution in [0.1, 0.15) is 11.1 Å². The molecule has 1 aromatic carbocycles. The van der Waals surface area contributed by atoms with Crippen LogP contribution in [0.2, 0.25) is 5.02 Å². The Labute approximate surface area is 102 Å². The predicted octanol–water partition coefficient (Wildman–Crippen LogP) is 5.07. The number of hydrogen-bond donors (Lipinski definition) is 0. The Morgan fingerprint density at radius 1 is 1.12 bits per heavy atom. The van der Waals surface area contributed by atoms with Gasteiger partial charge in [-0.25, -0.2) is 0 Å². The molecule has 0 amide bonds. The van der Waals surface area contributed by atoms with Crippen LogP contribution in [0.15, 0.2) is 16.6 Å². The zero-order chi connectivity index (χ0) is 12.7.